The van der Waals surface area contributed by atoms with Crippen LogP contribution in [0.4, 0.5) is 16.3 Å². The van der Waals surface area contributed by atoms with E-state index < -0.39 is 11.0 Å². The van der Waals surface area contributed by atoms with Crippen molar-refractivity contribution in [2.75, 3.05) is 24.5 Å². The summed E-state index contributed by atoms with van der Waals surface area (Å²) in [6.07, 6.45) is 0.523. The van der Waals surface area contributed by atoms with Crippen molar-refractivity contribution < 1.29 is 14.8 Å². The van der Waals surface area contributed by atoms with Gasteiger partial charge in [-0.15, -0.1) is 0 Å². The van der Waals surface area contributed by atoms with E-state index in [1.54, 1.807) is 6.07 Å². The Morgan fingerprint density at radius 1 is 1.53 bits per heavy atom. The molecule has 0 saturated carbocycles. The van der Waals surface area contributed by atoms with Crippen molar-refractivity contribution >= 4 is 17.6 Å². The summed E-state index contributed by atoms with van der Waals surface area (Å²) in [5, 5.41) is 19.5. The summed E-state index contributed by atoms with van der Waals surface area (Å²) in [4.78, 5) is 28.0. The monoisotopic (exact) mass is 266 g/mol. The fourth-order valence-corrected chi connectivity index (χ4v) is 2.15. The van der Waals surface area contributed by atoms with Gasteiger partial charge in [-0.3, -0.25) is 0 Å². The van der Waals surface area contributed by atoms with Gasteiger partial charge in [0.1, 0.15) is 0 Å². The van der Waals surface area contributed by atoms with Crippen LogP contribution in [0.5, 0.6) is 0 Å². The lowest BCUT2D eigenvalue weighted by Gasteiger charge is -2.38. The molecule has 8 nitrogen and oxygen atoms in total. The Bertz CT molecular complexity index is 490. The summed E-state index contributed by atoms with van der Waals surface area (Å²) >= 11 is 0. The van der Waals surface area contributed by atoms with Gasteiger partial charge in [0, 0.05) is 31.7 Å². The van der Waals surface area contributed by atoms with Crippen molar-refractivity contribution in [3.05, 3.63) is 28.4 Å². The first kappa shape index (κ1) is 13.1. The van der Waals surface area contributed by atoms with E-state index in [0.717, 1.165) is 5.69 Å². The Morgan fingerprint density at radius 3 is 2.74 bits per heavy atom. The molecule has 1 amide bonds. The SMILES string of the molecule is CC1CN(c2ccc([N+](=O)[O-])nc2)CCN1C(=O)O. The molecule has 1 N–H and O–H groups in total. The Balaban J connectivity index is 2.08. The minimum absolute atomic E-state index is 0.124. The molecule has 8 heteroatoms. The number of hydrogen-bond donors (Lipinski definition) is 1. The molecule has 1 aromatic rings. The smallest absolute Gasteiger partial charge is 0.407 e. The zero-order chi connectivity index (χ0) is 14.0. The highest BCUT2D eigenvalue weighted by atomic mass is 16.6. The number of nitro groups is 1. The Hall–Kier alpha value is -2.38. The van der Waals surface area contributed by atoms with Gasteiger partial charge in [-0.25, -0.2) is 4.79 Å². The third-order valence-electron chi connectivity index (χ3n) is 3.16. The Morgan fingerprint density at radius 2 is 2.26 bits per heavy atom. The number of carbonyl (C=O) groups is 1. The van der Waals surface area contributed by atoms with Gasteiger partial charge in [-0.1, -0.05) is 0 Å². The highest BCUT2D eigenvalue weighted by Gasteiger charge is 2.27. The molecule has 0 aromatic carbocycles. The van der Waals surface area contributed by atoms with Crippen molar-refractivity contribution in [2.45, 2.75) is 13.0 Å². The van der Waals surface area contributed by atoms with Crippen molar-refractivity contribution in [1.82, 2.24) is 9.88 Å². The van der Waals surface area contributed by atoms with Crippen LogP contribution in [0, 0.1) is 10.1 Å². The summed E-state index contributed by atoms with van der Waals surface area (Å²) in [7, 11) is 0. The predicted molar refractivity (Wildman–Crippen MR) is 67.3 cm³/mol. The van der Waals surface area contributed by atoms with Crippen LogP contribution < -0.4 is 4.90 Å². The van der Waals surface area contributed by atoms with E-state index in [9.17, 15) is 14.9 Å². The molecule has 1 saturated heterocycles. The molecule has 0 bridgehead atoms. The number of aromatic nitrogens is 1. The van der Waals surface area contributed by atoms with E-state index >= 15 is 0 Å². The second-order valence-corrected chi connectivity index (χ2v) is 4.40. The van der Waals surface area contributed by atoms with E-state index in [-0.39, 0.29) is 11.9 Å². The van der Waals surface area contributed by atoms with E-state index in [1.165, 1.54) is 17.2 Å². The van der Waals surface area contributed by atoms with Gasteiger partial charge in [0.25, 0.3) is 0 Å². The molecule has 0 spiro atoms. The van der Waals surface area contributed by atoms with Crippen LogP contribution in [0.3, 0.4) is 0 Å². The average Bonchev–Trinajstić information content (AvgIpc) is 2.38. The van der Waals surface area contributed by atoms with E-state index in [0.29, 0.717) is 19.6 Å². The van der Waals surface area contributed by atoms with Gasteiger partial charge in [-0.05, 0) is 22.9 Å². The molecule has 0 radical (unpaired) electrons. The first-order valence-electron chi connectivity index (χ1n) is 5.84. The van der Waals surface area contributed by atoms with Gasteiger partial charge in [0.15, 0.2) is 6.20 Å². The Kier molecular flexibility index (Phi) is 3.50. The summed E-state index contributed by atoms with van der Waals surface area (Å²) in [5.74, 6) is -0.194. The van der Waals surface area contributed by atoms with Crippen LogP contribution in [0.15, 0.2) is 18.3 Å². The van der Waals surface area contributed by atoms with Crippen molar-refractivity contribution in [1.29, 1.82) is 0 Å². The number of nitrogens with zero attached hydrogens (tertiary/aromatic N) is 4. The fourth-order valence-electron chi connectivity index (χ4n) is 2.15. The zero-order valence-corrected chi connectivity index (χ0v) is 10.4. The number of carboxylic acid groups (broad SMARTS) is 1. The summed E-state index contributed by atoms with van der Waals surface area (Å²) in [6.45, 7) is 3.34. The normalized spacial score (nSPS) is 19.3. The van der Waals surface area contributed by atoms with Crippen molar-refractivity contribution in [3.63, 3.8) is 0 Å². The van der Waals surface area contributed by atoms with Crippen LogP contribution in [-0.2, 0) is 0 Å². The number of anilines is 1. The molecule has 102 valence electrons. The second-order valence-electron chi connectivity index (χ2n) is 4.40. The van der Waals surface area contributed by atoms with Crippen LogP contribution in [0.1, 0.15) is 6.92 Å². The summed E-state index contributed by atoms with van der Waals surface area (Å²) < 4.78 is 0. The maximum absolute atomic E-state index is 10.9. The molecule has 1 aromatic heterocycles. The first-order chi connectivity index (χ1) is 8.99. The molecule has 1 aliphatic rings. The van der Waals surface area contributed by atoms with E-state index in [1.807, 2.05) is 11.8 Å². The largest absolute Gasteiger partial charge is 0.465 e. The maximum atomic E-state index is 10.9. The molecular formula is C11H14N4O4. The van der Waals surface area contributed by atoms with Crippen LogP contribution in [-0.4, -0.2) is 51.7 Å². The van der Waals surface area contributed by atoms with E-state index in [2.05, 4.69) is 4.98 Å². The third-order valence-corrected chi connectivity index (χ3v) is 3.16. The lowest BCUT2D eigenvalue weighted by molar-refractivity contribution is -0.389. The number of rotatable bonds is 2. The molecule has 2 heterocycles. The zero-order valence-electron chi connectivity index (χ0n) is 10.4. The number of pyridine rings is 1. The minimum Gasteiger partial charge on any atom is -0.465 e. The highest BCUT2D eigenvalue weighted by molar-refractivity contribution is 5.66. The second kappa shape index (κ2) is 5.09. The van der Waals surface area contributed by atoms with Gasteiger partial charge in [0.05, 0.1) is 5.69 Å². The van der Waals surface area contributed by atoms with Crippen LogP contribution in [0.2, 0.25) is 0 Å². The van der Waals surface area contributed by atoms with Gasteiger partial charge >= 0.3 is 11.9 Å². The topological polar surface area (TPSA) is 99.8 Å². The van der Waals surface area contributed by atoms with E-state index in [4.69, 9.17) is 5.11 Å². The number of piperazine rings is 1. The summed E-state index contributed by atoms with van der Waals surface area (Å²) in [6, 6.07) is 2.86. The predicted octanol–water partition coefficient (Wildman–Crippen LogP) is 1.18. The average molecular weight is 266 g/mol. The first-order valence-corrected chi connectivity index (χ1v) is 5.84. The molecular weight excluding hydrogens is 252 g/mol. The molecule has 1 unspecified atom stereocenters. The maximum Gasteiger partial charge on any atom is 0.407 e. The number of amides is 1. The Labute approximate surface area is 109 Å². The number of hydrogen-bond acceptors (Lipinski definition) is 5. The van der Waals surface area contributed by atoms with Gasteiger partial charge in [0.2, 0.25) is 0 Å². The van der Waals surface area contributed by atoms with Gasteiger partial charge < -0.3 is 25.0 Å². The molecule has 1 atom stereocenters. The van der Waals surface area contributed by atoms with Crippen LogP contribution >= 0.6 is 0 Å². The standard InChI is InChI=1S/C11H14N4O4/c1-8-7-13(4-5-14(8)11(16)17)9-2-3-10(12-6-9)15(18)19/h2-3,6,8H,4-5,7H2,1H3,(H,16,17). The van der Waals surface area contributed by atoms with Crippen molar-refractivity contribution in [3.8, 4) is 0 Å². The van der Waals surface area contributed by atoms with Gasteiger partial charge in [-0.2, -0.15) is 0 Å². The quantitative estimate of drug-likeness (QED) is 0.637. The molecule has 1 fully saturated rings. The lowest BCUT2D eigenvalue weighted by Crippen LogP contribution is -2.53. The van der Waals surface area contributed by atoms with Crippen LogP contribution in [0.25, 0.3) is 0 Å². The lowest BCUT2D eigenvalue weighted by atomic mass is 10.2. The highest BCUT2D eigenvalue weighted by Crippen LogP contribution is 2.20. The molecule has 2 rings (SSSR count). The minimum atomic E-state index is -0.922. The third kappa shape index (κ3) is 2.72. The molecule has 19 heavy (non-hydrogen) atoms. The molecule has 0 aliphatic carbocycles. The fraction of sp³-hybridized carbons (Fsp3) is 0.455. The molecule has 1 aliphatic heterocycles. The van der Waals surface area contributed by atoms with Crippen molar-refractivity contribution in [2.24, 2.45) is 0 Å². The summed E-state index contributed by atoms with van der Waals surface area (Å²) in [5.41, 5.74) is 0.766.